The summed E-state index contributed by atoms with van der Waals surface area (Å²) in [7, 11) is -0.663. The fraction of sp³-hybridized carbons (Fsp3) is 0.556. The van der Waals surface area contributed by atoms with Crippen molar-refractivity contribution in [2.24, 2.45) is 0 Å². The number of halogens is 1. The lowest BCUT2D eigenvalue weighted by Crippen LogP contribution is -2.53. The summed E-state index contributed by atoms with van der Waals surface area (Å²) < 4.78 is 26.8. The number of carbonyl (C=O) groups excluding carboxylic acids is 2. The molecule has 28 heavy (non-hydrogen) atoms. The topological polar surface area (TPSA) is 81.2 Å². The van der Waals surface area contributed by atoms with Crippen LogP contribution in [-0.4, -0.2) is 87.7 Å². The zero-order valence-corrected chi connectivity index (χ0v) is 18.6. The molecule has 0 aromatic heterocycles. The van der Waals surface area contributed by atoms with Gasteiger partial charge >= 0.3 is 6.41 Å². The molecule has 1 atom stereocenters. The van der Waals surface area contributed by atoms with Crippen molar-refractivity contribution in [1.29, 1.82) is 0 Å². The van der Waals surface area contributed by atoms with Crippen LogP contribution in [-0.2, 0) is 26.0 Å². The predicted octanol–water partition coefficient (Wildman–Crippen LogP) is 0.662. The van der Waals surface area contributed by atoms with E-state index in [-0.39, 0.29) is 23.4 Å². The highest BCUT2D eigenvalue weighted by molar-refractivity contribution is 9.10. The molecule has 8 nitrogen and oxygen atoms in total. The first-order valence-corrected chi connectivity index (χ1v) is 11.3. The van der Waals surface area contributed by atoms with E-state index in [1.54, 1.807) is 21.9 Å². The molecular weight excluding hydrogens is 448 g/mol. The van der Waals surface area contributed by atoms with E-state index in [0.29, 0.717) is 42.8 Å². The van der Waals surface area contributed by atoms with E-state index >= 15 is 0 Å². The van der Waals surface area contributed by atoms with Crippen molar-refractivity contribution >= 4 is 44.0 Å². The summed E-state index contributed by atoms with van der Waals surface area (Å²) in [6.07, 6.45) is 2.61. The Bertz CT molecular complexity index is 890. The third-order valence-corrected chi connectivity index (χ3v) is 8.05. The quantitative estimate of drug-likeness (QED) is 0.629. The molecule has 1 aromatic rings. The molecule has 1 radical (unpaired) electrons. The lowest BCUT2D eigenvalue weighted by molar-refractivity contribution is -0.120. The number of rotatable bonds is 5. The summed E-state index contributed by atoms with van der Waals surface area (Å²) in [5.74, 6) is -0.0648. The SMILES string of the molecule is C[C@@H]1CN(CC(=O)N2CCc3cc(Br)c(S(=O)(=O)N(C)C)cc32)CCN1[C]=O. The number of hydrogen-bond acceptors (Lipinski definition) is 5. The molecule has 0 unspecified atom stereocenters. The minimum Gasteiger partial charge on any atom is -0.329 e. The highest BCUT2D eigenvalue weighted by Crippen LogP contribution is 2.36. The number of carbonyl (C=O) groups is 1. The van der Waals surface area contributed by atoms with E-state index in [0.717, 1.165) is 9.87 Å². The van der Waals surface area contributed by atoms with E-state index in [9.17, 15) is 18.0 Å². The first-order valence-electron chi connectivity index (χ1n) is 9.07. The van der Waals surface area contributed by atoms with E-state index in [2.05, 4.69) is 15.9 Å². The van der Waals surface area contributed by atoms with Gasteiger partial charge in [-0.3, -0.25) is 14.5 Å². The number of amides is 2. The second-order valence-corrected chi connectivity index (χ2v) is 10.3. The second kappa shape index (κ2) is 8.10. The number of sulfonamides is 1. The average Bonchev–Trinajstić information content (AvgIpc) is 3.03. The monoisotopic (exact) mass is 471 g/mol. The zero-order chi connectivity index (χ0) is 20.6. The van der Waals surface area contributed by atoms with Gasteiger partial charge in [0, 0.05) is 56.5 Å². The van der Waals surface area contributed by atoms with Crippen molar-refractivity contribution in [3.63, 3.8) is 0 Å². The summed E-state index contributed by atoms with van der Waals surface area (Å²) >= 11 is 3.36. The summed E-state index contributed by atoms with van der Waals surface area (Å²) in [5.41, 5.74) is 1.60. The number of fused-ring (bicyclic) bond motifs is 1. The molecule has 3 rings (SSSR count). The Morgan fingerprint density at radius 3 is 2.61 bits per heavy atom. The van der Waals surface area contributed by atoms with Gasteiger partial charge in [-0.25, -0.2) is 12.7 Å². The highest BCUT2D eigenvalue weighted by atomic mass is 79.9. The van der Waals surface area contributed by atoms with Crippen LogP contribution in [0.2, 0.25) is 0 Å². The number of anilines is 1. The van der Waals surface area contributed by atoms with Gasteiger partial charge in [0.15, 0.2) is 0 Å². The molecule has 0 N–H and O–H groups in total. The van der Waals surface area contributed by atoms with Crippen molar-refractivity contribution in [3.8, 4) is 0 Å². The van der Waals surface area contributed by atoms with Gasteiger partial charge in [0.05, 0.1) is 11.4 Å². The summed E-state index contributed by atoms with van der Waals surface area (Å²) in [6, 6.07) is 3.39. The van der Waals surface area contributed by atoms with Crippen molar-refractivity contribution in [2.75, 3.05) is 51.7 Å². The minimum absolute atomic E-state index is 0.0118. The maximum atomic E-state index is 12.9. The third-order valence-electron chi connectivity index (χ3n) is 5.28. The molecule has 2 amide bonds. The molecule has 10 heteroatoms. The number of nitrogens with zero attached hydrogens (tertiary/aromatic N) is 4. The van der Waals surface area contributed by atoms with E-state index < -0.39 is 10.0 Å². The van der Waals surface area contributed by atoms with Crippen LogP contribution in [0.3, 0.4) is 0 Å². The van der Waals surface area contributed by atoms with Crippen LogP contribution in [0, 0.1) is 0 Å². The Balaban J connectivity index is 1.80. The van der Waals surface area contributed by atoms with Crippen molar-refractivity contribution in [3.05, 3.63) is 22.2 Å². The van der Waals surface area contributed by atoms with Gasteiger partial charge in [-0.05, 0) is 47.0 Å². The normalized spacial score (nSPS) is 20.5. The molecule has 0 aliphatic carbocycles. The van der Waals surface area contributed by atoms with Crippen molar-refractivity contribution < 1.29 is 18.0 Å². The van der Waals surface area contributed by atoms with Gasteiger partial charge in [-0.15, -0.1) is 0 Å². The second-order valence-electron chi connectivity index (χ2n) is 7.36. The van der Waals surface area contributed by atoms with Crippen molar-refractivity contribution in [1.82, 2.24) is 14.1 Å². The Kier molecular flexibility index (Phi) is 6.14. The summed E-state index contributed by atoms with van der Waals surface area (Å²) in [6.45, 7) is 4.48. The standard InChI is InChI=1S/C18H24BrN4O4S/c1-13-10-21(6-7-22(13)12-24)11-18(25)23-5-4-14-8-15(19)17(9-16(14)23)28(26,27)20(2)3/h8-9,13H,4-7,10-11H2,1-3H3/t13-/m1/s1. The molecular formula is C18H24BrN4O4S. The molecule has 153 valence electrons. The lowest BCUT2D eigenvalue weighted by atomic mass is 10.2. The maximum Gasteiger partial charge on any atom is 0.312 e. The Morgan fingerprint density at radius 1 is 1.29 bits per heavy atom. The van der Waals surface area contributed by atoms with Crippen LogP contribution in [0.15, 0.2) is 21.5 Å². The maximum absolute atomic E-state index is 12.9. The number of benzene rings is 1. The van der Waals surface area contributed by atoms with Crippen LogP contribution in [0.5, 0.6) is 0 Å². The number of piperazine rings is 1. The van der Waals surface area contributed by atoms with E-state index in [1.807, 2.05) is 18.2 Å². The average molecular weight is 472 g/mol. The first kappa shape index (κ1) is 21.2. The van der Waals surface area contributed by atoms with Gasteiger partial charge in [0.1, 0.15) is 0 Å². The molecule has 2 aliphatic rings. The van der Waals surface area contributed by atoms with E-state index in [4.69, 9.17) is 0 Å². The van der Waals surface area contributed by atoms with Crippen LogP contribution < -0.4 is 4.90 Å². The molecule has 1 saturated heterocycles. The summed E-state index contributed by atoms with van der Waals surface area (Å²) in [5, 5.41) is 0. The third kappa shape index (κ3) is 3.96. The number of hydrogen-bond donors (Lipinski definition) is 0. The van der Waals surface area contributed by atoms with Gasteiger partial charge < -0.3 is 9.80 Å². The Hall–Kier alpha value is -1.49. The van der Waals surface area contributed by atoms with Crippen molar-refractivity contribution in [2.45, 2.75) is 24.3 Å². The molecule has 0 saturated carbocycles. The molecule has 1 fully saturated rings. The van der Waals surface area contributed by atoms with Crippen LogP contribution in [0.1, 0.15) is 12.5 Å². The molecule has 2 aliphatic heterocycles. The molecule has 1 aromatic carbocycles. The van der Waals surface area contributed by atoms with Gasteiger partial charge in [-0.2, -0.15) is 0 Å². The molecule has 0 bridgehead atoms. The lowest BCUT2D eigenvalue weighted by Gasteiger charge is -2.37. The highest BCUT2D eigenvalue weighted by Gasteiger charge is 2.31. The molecule has 2 heterocycles. The van der Waals surface area contributed by atoms with Gasteiger partial charge in [-0.1, -0.05) is 0 Å². The Morgan fingerprint density at radius 2 is 2.00 bits per heavy atom. The minimum atomic E-state index is -3.63. The molecule has 0 spiro atoms. The smallest absolute Gasteiger partial charge is 0.312 e. The fourth-order valence-electron chi connectivity index (χ4n) is 3.63. The van der Waals surface area contributed by atoms with Crippen LogP contribution >= 0.6 is 15.9 Å². The Labute approximate surface area is 174 Å². The van der Waals surface area contributed by atoms with E-state index in [1.165, 1.54) is 14.1 Å². The van der Waals surface area contributed by atoms with Crippen LogP contribution in [0.25, 0.3) is 0 Å². The fourth-order valence-corrected chi connectivity index (χ4v) is 5.59. The predicted molar refractivity (Wildman–Crippen MR) is 109 cm³/mol. The zero-order valence-electron chi connectivity index (χ0n) is 16.2. The van der Waals surface area contributed by atoms with Gasteiger partial charge in [0.2, 0.25) is 15.9 Å². The first-order chi connectivity index (χ1) is 13.1. The largest absolute Gasteiger partial charge is 0.329 e. The van der Waals surface area contributed by atoms with Gasteiger partial charge in [0.25, 0.3) is 0 Å². The summed E-state index contributed by atoms with van der Waals surface area (Å²) in [4.78, 5) is 29.3. The van der Waals surface area contributed by atoms with Crippen LogP contribution in [0.4, 0.5) is 5.69 Å².